The van der Waals surface area contributed by atoms with E-state index in [1.807, 2.05) is 0 Å². The first-order chi connectivity index (χ1) is 12.2. The molecule has 2 aromatic rings. The predicted molar refractivity (Wildman–Crippen MR) is 96.2 cm³/mol. The zero-order valence-electron chi connectivity index (χ0n) is 13.8. The van der Waals surface area contributed by atoms with Gasteiger partial charge in [-0.3, -0.25) is 4.79 Å². The second-order valence-corrected chi connectivity index (χ2v) is 7.15. The lowest BCUT2D eigenvalue weighted by Crippen LogP contribution is -2.46. The van der Waals surface area contributed by atoms with Crippen LogP contribution in [0.4, 0.5) is 0 Å². The average Bonchev–Trinajstić information content (AvgIpc) is 2.94. The Morgan fingerprint density at radius 3 is 2.80 bits per heavy atom. The molecule has 3 atom stereocenters. The maximum absolute atomic E-state index is 12.5. The number of carbonyl (C=O) groups excluding carboxylic acids is 1. The molecule has 1 aromatic heterocycles. The second kappa shape index (κ2) is 7.02. The van der Waals surface area contributed by atoms with Gasteiger partial charge in [-0.2, -0.15) is 0 Å². The van der Waals surface area contributed by atoms with Gasteiger partial charge in [0.05, 0.1) is 0 Å². The first-order valence-corrected chi connectivity index (χ1v) is 8.96. The zero-order valence-corrected chi connectivity index (χ0v) is 14.6. The highest BCUT2D eigenvalue weighted by molar-refractivity contribution is 6.29. The molecule has 6 heteroatoms. The molecular formula is C19H20ClN3O2. The van der Waals surface area contributed by atoms with Crippen LogP contribution in [0, 0.1) is 5.92 Å². The highest BCUT2D eigenvalue weighted by Crippen LogP contribution is 2.27. The number of carbonyl (C=O) groups is 1. The molecule has 2 aliphatic heterocycles. The van der Waals surface area contributed by atoms with Crippen LogP contribution in [0.2, 0.25) is 5.15 Å². The lowest BCUT2D eigenvalue weighted by Gasteiger charge is -2.30. The maximum atomic E-state index is 12.5. The third-order valence-electron chi connectivity index (χ3n) is 4.85. The minimum atomic E-state index is -0.0222. The second-order valence-electron chi connectivity index (χ2n) is 6.76. The van der Waals surface area contributed by atoms with Gasteiger partial charge in [0.25, 0.3) is 5.91 Å². The van der Waals surface area contributed by atoms with Gasteiger partial charge >= 0.3 is 0 Å². The normalized spacial score (nSPS) is 24.8. The van der Waals surface area contributed by atoms with Gasteiger partial charge in [-0.15, -0.1) is 0 Å². The van der Waals surface area contributed by atoms with Gasteiger partial charge in [0.2, 0.25) is 0 Å². The quantitative estimate of drug-likeness (QED) is 0.852. The van der Waals surface area contributed by atoms with Crippen LogP contribution in [0.5, 0.6) is 11.5 Å². The Morgan fingerprint density at radius 2 is 2.04 bits per heavy atom. The highest BCUT2D eigenvalue weighted by Gasteiger charge is 2.32. The lowest BCUT2D eigenvalue weighted by atomic mass is 9.96. The van der Waals surface area contributed by atoms with Crippen molar-refractivity contribution in [3.8, 4) is 11.5 Å². The van der Waals surface area contributed by atoms with E-state index in [-0.39, 0.29) is 11.9 Å². The Kier molecular flexibility index (Phi) is 4.59. The molecule has 5 nitrogen and oxygen atoms in total. The molecule has 1 amide bonds. The van der Waals surface area contributed by atoms with E-state index >= 15 is 0 Å². The smallest absolute Gasteiger partial charge is 0.251 e. The van der Waals surface area contributed by atoms with E-state index in [2.05, 4.69) is 15.2 Å². The molecule has 0 radical (unpaired) electrons. The summed E-state index contributed by atoms with van der Waals surface area (Å²) in [7, 11) is 0. The number of benzene rings is 1. The van der Waals surface area contributed by atoms with Crippen molar-refractivity contribution in [2.45, 2.75) is 18.9 Å². The largest absolute Gasteiger partial charge is 0.457 e. The van der Waals surface area contributed by atoms with Gasteiger partial charge in [0, 0.05) is 37.0 Å². The van der Waals surface area contributed by atoms with E-state index < -0.39 is 0 Å². The van der Waals surface area contributed by atoms with Crippen LogP contribution in [0.15, 0.2) is 42.6 Å². The van der Waals surface area contributed by atoms with E-state index in [1.54, 1.807) is 42.6 Å². The molecule has 2 saturated heterocycles. The van der Waals surface area contributed by atoms with E-state index in [0.29, 0.717) is 22.2 Å². The number of piperidine rings is 1. The van der Waals surface area contributed by atoms with Crippen LogP contribution in [-0.4, -0.2) is 41.5 Å². The minimum absolute atomic E-state index is 0.0222. The molecule has 2 aliphatic rings. The molecule has 1 aromatic carbocycles. The fraction of sp³-hybridized carbons (Fsp3) is 0.368. The number of aromatic nitrogens is 1. The number of ether oxygens (including phenoxy) is 1. The zero-order chi connectivity index (χ0) is 17.2. The molecular weight excluding hydrogens is 338 g/mol. The van der Waals surface area contributed by atoms with E-state index in [9.17, 15) is 4.79 Å². The van der Waals surface area contributed by atoms with Crippen LogP contribution in [0.1, 0.15) is 23.2 Å². The minimum Gasteiger partial charge on any atom is -0.457 e. The van der Waals surface area contributed by atoms with Crippen LogP contribution in [0.25, 0.3) is 0 Å². The van der Waals surface area contributed by atoms with Gasteiger partial charge < -0.3 is 15.0 Å². The summed E-state index contributed by atoms with van der Waals surface area (Å²) in [5.74, 6) is 1.98. The van der Waals surface area contributed by atoms with E-state index in [0.717, 1.165) is 18.9 Å². The summed E-state index contributed by atoms with van der Waals surface area (Å²) in [6, 6.07) is 10.8. The van der Waals surface area contributed by atoms with Crippen molar-refractivity contribution in [2.24, 2.45) is 5.92 Å². The number of amides is 1. The molecule has 0 saturated carbocycles. The number of rotatable bonds is 4. The summed E-state index contributed by atoms with van der Waals surface area (Å²) >= 11 is 5.85. The summed E-state index contributed by atoms with van der Waals surface area (Å²) in [4.78, 5) is 18.8. The van der Waals surface area contributed by atoms with Crippen LogP contribution in [0.3, 0.4) is 0 Å². The molecule has 2 bridgehead atoms. The topological polar surface area (TPSA) is 54.5 Å². The molecule has 0 aliphatic carbocycles. The van der Waals surface area contributed by atoms with Crippen molar-refractivity contribution in [1.82, 2.24) is 15.2 Å². The van der Waals surface area contributed by atoms with Crippen LogP contribution >= 0.6 is 11.6 Å². The van der Waals surface area contributed by atoms with Gasteiger partial charge in [-0.25, -0.2) is 4.98 Å². The van der Waals surface area contributed by atoms with Crippen molar-refractivity contribution >= 4 is 17.5 Å². The van der Waals surface area contributed by atoms with E-state index in [1.165, 1.54) is 19.5 Å². The number of fused-ring (bicyclic) bond motifs is 2. The Morgan fingerprint density at radius 1 is 1.20 bits per heavy atom. The van der Waals surface area contributed by atoms with Gasteiger partial charge in [0.1, 0.15) is 16.7 Å². The standard InChI is InChI=1S/C19H20ClN3O2/c20-18-10-17(5-7-21-18)25-16-3-1-14(2-4-16)19(24)22-15-9-13-6-8-23(11-13)12-15/h1-5,7,10,13,15H,6,8-9,11-12H2,(H,22,24)/t13-,15-/m1/s1. The maximum Gasteiger partial charge on any atom is 0.251 e. The fourth-order valence-electron chi connectivity index (χ4n) is 3.69. The summed E-state index contributed by atoms with van der Waals surface area (Å²) in [6.45, 7) is 3.33. The van der Waals surface area contributed by atoms with Gasteiger partial charge in [-0.1, -0.05) is 11.6 Å². The summed E-state index contributed by atoms with van der Waals surface area (Å²) in [6.07, 6.45) is 3.94. The predicted octanol–water partition coefficient (Wildman–Crippen LogP) is 3.35. The Balaban J connectivity index is 1.37. The van der Waals surface area contributed by atoms with Crippen molar-refractivity contribution in [3.05, 3.63) is 53.3 Å². The van der Waals surface area contributed by atoms with Crippen molar-refractivity contribution in [2.75, 3.05) is 19.6 Å². The van der Waals surface area contributed by atoms with Gasteiger partial charge in [0.15, 0.2) is 0 Å². The number of nitrogens with one attached hydrogen (secondary N) is 1. The van der Waals surface area contributed by atoms with Gasteiger partial charge in [-0.05, 0) is 55.6 Å². The van der Waals surface area contributed by atoms with Crippen LogP contribution in [-0.2, 0) is 0 Å². The van der Waals surface area contributed by atoms with Crippen molar-refractivity contribution in [3.63, 3.8) is 0 Å². The number of nitrogens with zero attached hydrogens (tertiary/aromatic N) is 2. The average molecular weight is 358 g/mol. The molecule has 3 heterocycles. The Bertz CT molecular complexity index is 754. The third kappa shape index (κ3) is 3.94. The van der Waals surface area contributed by atoms with Crippen molar-refractivity contribution < 1.29 is 9.53 Å². The molecule has 4 rings (SSSR count). The first kappa shape index (κ1) is 16.4. The fourth-order valence-corrected chi connectivity index (χ4v) is 3.86. The molecule has 2 fully saturated rings. The number of hydrogen-bond donors (Lipinski definition) is 1. The van der Waals surface area contributed by atoms with Crippen molar-refractivity contribution in [1.29, 1.82) is 0 Å². The summed E-state index contributed by atoms with van der Waals surface area (Å²) < 4.78 is 5.72. The summed E-state index contributed by atoms with van der Waals surface area (Å²) in [5.41, 5.74) is 0.646. The molecule has 130 valence electrons. The van der Waals surface area contributed by atoms with Crippen LogP contribution < -0.4 is 10.1 Å². The number of pyridine rings is 1. The molecule has 0 spiro atoms. The Labute approximate surface area is 152 Å². The lowest BCUT2D eigenvalue weighted by molar-refractivity contribution is 0.0909. The SMILES string of the molecule is O=C(N[C@@H]1C[C@H]2CCN(C2)C1)c1ccc(Oc2ccnc(Cl)c2)cc1. The Hall–Kier alpha value is -2.11. The molecule has 1 unspecified atom stereocenters. The monoisotopic (exact) mass is 357 g/mol. The number of halogens is 1. The molecule has 1 N–H and O–H groups in total. The first-order valence-electron chi connectivity index (χ1n) is 8.58. The summed E-state index contributed by atoms with van der Waals surface area (Å²) in [5, 5.41) is 3.55. The highest BCUT2D eigenvalue weighted by atomic mass is 35.5. The molecule has 25 heavy (non-hydrogen) atoms. The number of hydrogen-bond acceptors (Lipinski definition) is 4. The van der Waals surface area contributed by atoms with E-state index in [4.69, 9.17) is 16.3 Å². The third-order valence-corrected chi connectivity index (χ3v) is 5.06.